The van der Waals surface area contributed by atoms with E-state index in [1.807, 2.05) is 48.5 Å². The summed E-state index contributed by atoms with van der Waals surface area (Å²) >= 11 is 0. The molecule has 7 nitrogen and oxygen atoms in total. The van der Waals surface area contributed by atoms with E-state index in [0.29, 0.717) is 5.82 Å². The van der Waals surface area contributed by atoms with E-state index in [-0.39, 0.29) is 12.5 Å². The molecule has 1 aliphatic rings. The first-order valence-electron chi connectivity index (χ1n) is 8.56. The molecular formula is C19H18N6O. The maximum atomic E-state index is 12.2. The first-order chi connectivity index (χ1) is 12.8. The third kappa shape index (κ3) is 3.51. The Balaban J connectivity index is 1.42. The largest absolute Gasteiger partial charge is 0.271 e. The fraction of sp³-hybridized carbons (Fsp3) is 0.211. The Labute approximate surface area is 150 Å². The average molecular weight is 346 g/mol. The molecular weight excluding hydrogens is 328 g/mol. The van der Waals surface area contributed by atoms with Gasteiger partial charge in [-0.15, -0.1) is 10.2 Å². The molecule has 1 aromatic heterocycles. The zero-order valence-corrected chi connectivity index (χ0v) is 14.2. The molecule has 0 saturated heterocycles. The van der Waals surface area contributed by atoms with Crippen molar-refractivity contribution in [2.75, 3.05) is 0 Å². The first kappa shape index (κ1) is 16.1. The first-order valence-corrected chi connectivity index (χ1v) is 8.56. The maximum absolute atomic E-state index is 12.2. The molecule has 1 aliphatic carbocycles. The topological polar surface area (TPSA) is 85.1 Å². The standard InChI is InChI=1S/C19H18N6O/c26-18(13-25-23-19(22-24-25)15-8-2-1-3-9-15)21-20-17-12-6-10-14-7-4-5-11-16(14)17/h1-5,7-9,11H,6,10,12-13H2,(H,21,26)/b20-17+. The third-order valence-corrected chi connectivity index (χ3v) is 4.27. The van der Waals surface area contributed by atoms with Crippen LogP contribution in [-0.2, 0) is 17.8 Å². The van der Waals surface area contributed by atoms with E-state index >= 15 is 0 Å². The van der Waals surface area contributed by atoms with Crippen LogP contribution in [0.2, 0.25) is 0 Å². The Hall–Kier alpha value is -3.35. The number of amides is 1. The van der Waals surface area contributed by atoms with Crippen molar-refractivity contribution in [3.63, 3.8) is 0 Å². The fourth-order valence-electron chi connectivity index (χ4n) is 3.02. The lowest BCUT2D eigenvalue weighted by atomic mass is 9.90. The summed E-state index contributed by atoms with van der Waals surface area (Å²) in [4.78, 5) is 13.4. The zero-order chi connectivity index (χ0) is 17.8. The van der Waals surface area contributed by atoms with E-state index in [9.17, 15) is 4.79 Å². The van der Waals surface area contributed by atoms with Gasteiger partial charge in [0.15, 0.2) is 0 Å². The van der Waals surface area contributed by atoms with Crippen LogP contribution in [0.3, 0.4) is 0 Å². The zero-order valence-electron chi connectivity index (χ0n) is 14.2. The van der Waals surface area contributed by atoms with Gasteiger partial charge in [0.05, 0.1) is 5.71 Å². The van der Waals surface area contributed by atoms with Gasteiger partial charge in [0.1, 0.15) is 6.54 Å². The number of nitrogens with zero attached hydrogens (tertiary/aromatic N) is 5. The van der Waals surface area contributed by atoms with Crippen molar-refractivity contribution in [2.24, 2.45) is 5.10 Å². The number of aromatic nitrogens is 4. The normalized spacial score (nSPS) is 14.8. The molecule has 0 unspecified atom stereocenters. The second kappa shape index (κ2) is 7.26. The summed E-state index contributed by atoms with van der Waals surface area (Å²) in [5, 5.41) is 16.5. The van der Waals surface area contributed by atoms with Gasteiger partial charge in [-0.25, -0.2) is 5.43 Å². The highest BCUT2D eigenvalue weighted by Gasteiger charge is 2.15. The molecule has 0 spiro atoms. The predicted molar refractivity (Wildman–Crippen MR) is 97.3 cm³/mol. The van der Waals surface area contributed by atoms with Crippen molar-refractivity contribution in [3.8, 4) is 11.4 Å². The molecule has 7 heteroatoms. The number of benzene rings is 2. The lowest BCUT2D eigenvalue weighted by Crippen LogP contribution is -2.26. The van der Waals surface area contributed by atoms with Gasteiger partial charge >= 0.3 is 0 Å². The van der Waals surface area contributed by atoms with E-state index in [2.05, 4.69) is 32.0 Å². The van der Waals surface area contributed by atoms with Crippen molar-refractivity contribution in [2.45, 2.75) is 25.8 Å². The monoisotopic (exact) mass is 346 g/mol. The molecule has 2 aromatic carbocycles. The van der Waals surface area contributed by atoms with Gasteiger partial charge in [-0.05, 0) is 30.0 Å². The van der Waals surface area contributed by atoms with E-state index in [0.717, 1.165) is 36.1 Å². The van der Waals surface area contributed by atoms with Crippen LogP contribution in [0.25, 0.3) is 11.4 Å². The molecule has 3 aromatic rings. The highest BCUT2D eigenvalue weighted by Crippen LogP contribution is 2.21. The van der Waals surface area contributed by atoms with Gasteiger partial charge in [0.2, 0.25) is 5.82 Å². The summed E-state index contributed by atoms with van der Waals surface area (Å²) in [5.74, 6) is 0.212. The molecule has 0 aliphatic heterocycles. The molecule has 0 radical (unpaired) electrons. The summed E-state index contributed by atoms with van der Waals surface area (Å²) < 4.78 is 0. The Morgan fingerprint density at radius 3 is 2.77 bits per heavy atom. The van der Waals surface area contributed by atoms with E-state index < -0.39 is 0 Å². The Morgan fingerprint density at radius 2 is 1.88 bits per heavy atom. The van der Waals surface area contributed by atoms with Gasteiger partial charge in [-0.2, -0.15) is 9.90 Å². The number of carbonyl (C=O) groups excluding carboxylic acids is 1. The minimum Gasteiger partial charge on any atom is -0.271 e. The SMILES string of the molecule is O=C(Cn1nnc(-c2ccccc2)n1)N/N=C1\CCCc2ccccc21. The van der Waals surface area contributed by atoms with Crippen molar-refractivity contribution in [1.29, 1.82) is 0 Å². The number of nitrogens with one attached hydrogen (secondary N) is 1. The summed E-state index contributed by atoms with van der Waals surface area (Å²) in [6, 6.07) is 17.7. The molecule has 0 fully saturated rings. The average Bonchev–Trinajstić information content (AvgIpc) is 3.15. The van der Waals surface area contributed by atoms with Crippen LogP contribution in [-0.4, -0.2) is 31.8 Å². The molecule has 130 valence electrons. The van der Waals surface area contributed by atoms with Crippen LogP contribution in [0.5, 0.6) is 0 Å². The summed E-state index contributed by atoms with van der Waals surface area (Å²) in [5.41, 5.74) is 6.77. The van der Waals surface area contributed by atoms with Gasteiger partial charge < -0.3 is 0 Å². The summed E-state index contributed by atoms with van der Waals surface area (Å²) in [6.07, 6.45) is 2.95. The molecule has 1 N–H and O–H groups in total. The Morgan fingerprint density at radius 1 is 1.08 bits per heavy atom. The quantitative estimate of drug-likeness (QED) is 0.734. The second-order valence-electron chi connectivity index (χ2n) is 6.11. The molecule has 0 saturated carbocycles. The van der Waals surface area contributed by atoms with Crippen molar-refractivity contribution in [1.82, 2.24) is 25.6 Å². The van der Waals surface area contributed by atoms with Crippen LogP contribution in [0.1, 0.15) is 24.0 Å². The van der Waals surface area contributed by atoms with Gasteiger partial charge in [0, 0.05) is 11.1 Å². The van der Waals surface area contributed by atoms with Crippen molar-refractivity contribution >= 4 is 11.6 Å². The summed E-state index contributed by atoms with van der Waals surface area (Å²) in [6.45, 7) is -0.0295. The number of hydrazone groups is 1. The second-order valence-corrected chi connectivity index (χ2v) is 6.11. The smallest absolute Gasteiger partial charge is 0.263 e. The minimum atomic E-state index is -0.280. The van der Waals surface area contributed by atoms with Crippen LogP contribution in [0.15, 0.2) is 59.7 Å². The number of carbonyl (C=O) groups is 1. The van der Waals surface area contributed by atoms with Crippen LogP contribution in [0, 0.1) is 0 Å². The Bertz CT molecular complexity index is 947. The third-order valence-electron chi connectivity index (χ3n) is 4.27. The van der Waals surface area contributed by atoms with E-state index in [4.69, 9.17) is 0 Å². The van der Waals surface area contributed by atoms with Crippen molar-refractivity contribution < 1.29 is 4.79 Å². The lowest BCUT2D eigenvalue weighted by Gasteiger charge is -2.17. The molecule has 1 amide bonds. The van der Waals surface area contributed by atoms with Crippen LogP contribution < -0.4 is 5.43 Å². The Kier molecular flexibility index (Phi) is 4.51. The number of hydrogen-bond acceptors (Lipinski definition) is 5. The van der Waals surface area contributed by atoms with Gasteiger partial charge in [-0.3, -0.25) is 4.79 Å². The number of hydrogen-bond donors (Lipinski definition) is 1. The van der Waals surface area contributed by atoms with Gasteiger partial charge in [-0.1, -0.05) is 54.6 Å². The summed E-state index contributed by atoms with van der Waals surface area (Å²) in [7, 11) is 0. The molecule has 26 heavy (non-hydrogen) atoms. The predicted octanol–water partition coefficient (Wildman–Crippen LogP) is 2.20. The van der Waals surface area contributed by atoms with Crippen molar-refractivity contribution in [3.05, 3.63) is 65.7 Å². The highest BCUT2D eigenvalue weighted by atomic mass is 16.2. The molecule has 0 bridgehead atoms. The van der Waals surface area contributed by atoms with Crippen LogP contribution >= 0.6 is 0 Å². The highest BCUT2D eigenvalue weighted by molar-refractivity contribution is 6.03. The number of fused-ring (bicyclic) bond motifs is 1. The van der Waals surface area contributed by atoms with E-state index in [1.165, 1.54) is 10.4 Å². The molecule has 0 atom stereocenters. The van der Waals surface area contributed by atoms with Crippen LogP contribution in [0.4, 0.5) is 0 Å². The number of tetrazole rings is 1. The minimum absolute atomic E-state index is 0.0295. The molecule has 4 rings (SSSR count). The molecule has 1 heterocycles. The van der Waals surface area contributed by atoms with Gasteiger partial charge in [0.25, 0.3) is 5.91 Å². The fourth-order valence-corrected chi connectivity index (χ4v) is 3.02. The lowest BCUT2D eigenvalue weighted by molar-refractivity contribution is -0.122. The number of aryl methyl sites for hydroxylation is 1. The van der Waals surface area contributed by atoms with E-state index in [1.54, 1.807) is 0 Å². The number of rotatable bonds is 4. The maximum Gasteiger partial charge on any atom is 0.263 e.